The van der Waals surface area contributed by atoms with Gasteiger partial charge in [0.2, 0.25) is 0 Å². The van der Waals surface area contributed by atoms with Crippen molar-refractivity contribution in [3.05, 3.63) is 120 Å². The maximum atomic E-state index is 12.7. The first-order valence-electron chi connectivity index (χ1n) is 11.6. The fourth-order valence-corrected chi connectivity index (χ4v) is 3.95. The Bertz CT molecular complexity index is 1170. The molecule has 6 nitrogen and oxygen atoms in total. The number of anilines is 2. The topological polar surface area (TPSA) is 76.7 Å². The first-order valence-corrected chi connectivity index (χ1v) is 11.6. The van der Waals surface area contributed by atoms with E-state index in [1.54, 1.807) is 0 Å². The average molecular weight is 481 g/mol. The Morgan fingerprint density at radius 2 is 0.861 bits per heavy atom. The molecule has 0 bridgehead atoms. The molecule has 2 N–H and O–H groups in total. The van der Waals surface area contributed by atoms with Crippen LogP contribution >= 0.6 is 0 Å². The molecule has 36 heavy (non-hydrogen) atoms. The number of hydrogen-bond donors (Lipinski definition) is 2. The molecule has 0 saturated carbocycles. The van der Waals surface area contributed by atoms with Crippen molar-refractivity contribution in [2.24, 2.45) is 0 Å². The number of ether oxygens (including phenoxy) is 2. The van der Waals surface area contributed by atoms with Crippen LogP contribution in [-0.2, 0) is 19.1 Å². The normalized spacial score (nSPS) is 12.4. The van der Waals surface area contributed by atoms with E-state index < -0.39 is 12.2 Å². The van der Waals surface area contributed by atoms with E-state index in [1.165, 1.54) is 14.2 Å². The van der Waals surface area contributed by atoms with Crippen LogP contribution in [0, 0.1) is 0 Å². The Morgan fingerprint density at radius 3 is 1.17 bits per heavy atom. The van der Waals surface area contributed by atoms with Gasteiger partial charge in [-0.1, -0.05) is 84.9 Å². The number of carbonyl (C=O) groups excluding carboxylic acids is 2. The third-order valence-electron chi connectivity index (χ3n) is 5.79. The minimum atomic E-state index is -0.687. The van der Waals surface area contributed by atoms with Crippen molar-refractivity contribution in [1.82, 2.24) is 0 Å². The smallest absolute Gasteiger partial charge is 0.258 e. The molecule has 0 aliphatic heterocycles. The maximum absolute atomic E-state index is 12.7. The van der Waals surface area contributed by atoms with Crippen molar-refractivity contribution in [2.45, 2.75) is 12.2 Å². The summed E-state index contributed by atoms with van der Waals surface area (Å²) in [7, 11) is 3.03. The van der Waals surface area contributed by atoms with Crippen LogP contribution in [-0.4, -0.2) is 26.0 Å². The average Bonchev–Trinajstić information content (AvgIpc) is 2.92. The predicted molar refractivity (Wildman–Crippen MR) is 142 cm³/mol. The van der Waals surface area contributed by atoms with Gasteiger partial charge in [-0.3, -0.25) is 9.59 Å². The van der Waals surface area contributed by atoms with Gasteiger partial charge in [-0.15, -0.1) is 0 Å². The Labute approximate surface area is 210 Å². The standard InChI is InChI=1S/C30H28N2O4/c1-35-27(23-9-5-3-6-10-23)29(33)31-25-17-13-21(14-18-25)22-15-19-26(20-16-22)32-30(34)28(36-2)24-11-7-4-8-12-24/h3-20,27-28H,1-2H3,(H,31,33)(H,32,34)/t27-,28+. The van der Waals surface area contributed by atoms with Crippen molar-refractivity contribution >= 4 is 23.2 Å². The van der Waals surface area contributed by atoms with Crippen LogP contribution in [0.15, 0.2) is 109 Å². The fourth-order valence-electron chi connectivity index (χ4n) is 3.95. The summed E-state index contributed by atoms with van der Waals surface area (Å²) in [6, 6.07) is 33.9. The van der Waals surface area contributed by atoms with Crippen LogP contribution in [0.1, 0.15) is 23.3 Å². The molecule has 4 aromatic rings. The lowest BCUT2D eigenvalue weighted by atomic mass is 10.0. The molecule has 0 heterocycles. The summed E-state index contributed by atoms with van der Waals surface area (Å²) < 4.78 is 10.8. The van der Waals surface area contributed by atoms with Gasteiger partial charge in [0.05, 0.1) is 0 Å². The number of rotatable bonds is 9. The van der Waals surface area contributed by atoms with Crippen LogP contribution in [0.4, 0.5) is 11.4 Å². The van der Waals surface area contributed by atoms with E-state index >= 15 is 0 Å². The Hall–Kier alpha value is -4.26. The quantitative estimate of drug-likeness (QED) is 0.308. The van der Waals surface area contributed by atoms with Crippen LogP contribution in [0.2, 0.25) is 0 Å². The fraction of sp³-hybridized carbons (Fsp3) is 0.133. The van der Waals surface area contributed by atoms with Gasteiger partial charge in [0, 0.05) is 25.6 Å². The van der Waals surface area contributed by atoms with Crippen LogP contribution in [0.5, 0.6) is 0 Å². The summed E-state index contributed by atoms with van der Waals surface area (Å²) in [6.45, 7) is 0. The van der Waals surface area contributed by atoms with Crippen LogP contribution < -0.4 is 10.6 Å². The van der Waals surface area contributed by atoms with Gasteiger partial charge < -0.3 is 20.1 Å². The number of methoxy groups -OCH3 is 2. The number of nitrogens with one attached hydrogen (secondary N) is 2. The van der Waals surface area contributed by atoms with Gasteiger partial charge in [-0.05, 0) is 46.5 Å². The molecule has 0 aliphatic carbocycles. The van der Waals surface area contributed by atoms with Crippen molar-refractivity contribution in [3.63, 3.8) is 0 Å². The van der Waals surface area contributed by atoms with E-state index in [2.05, 4.69) is 10.6 Å². The molecule has 4 aromatic carbocycles. The van der Waals surface area contributed by atoms with E-state index in [0.717, 1.165) is 22.3 Å². The van der Waals surface area contributed by atoms with Gasteiger partial charge in [0.1, 0.15) is 0 Å². The maximum Gasteiger partial charge on any atom is 0.258 e. The van der Waals surface area contributed by atoms with Gasteiger partial charge in [0.15, 0.2) is 12.2 Å². The molecule has 0 radical (unpaired) electrons. The van der Waals surface area contributed by atoms with Gasteiger partial charge in [-0.2, -0.15) is 0 Å². The van der Waals surface area contributed by atoms with Gasteiger partial charge >= 0.3 is 0 Å². The number of amides is 2. The highest BCUT2D eigenvalue weighted by Crippen LogP contribution is 2.25. The van der Waals surface area contributed by atoms with Gasteiger partial charge in [0.25, 0.3) is 11.8 Å². The summed E-state index contributed by atoms with van der Waals surface area (Å²) in [5, 5.41) is 5.81. The number of carbonyl (C=O) groups is 2. The van der Waals surface area contributed by atoms with E-state index in [1.807, 2.05) is 109 Å². The highest BCUT2D eigenvalue weighted by atomic mass is 16.5. The molecule has 2 amide bonds. The van der Waals surface area contributed by atoms with E-state index in [4.69, 9.17) is 9.47 Å². The molecule has 6 heteroatoms. The summed E-state index contributed by atoms with van der Waals surface area (Å²) >= 11 is 0. The molecule has 0 aromatic heterocycles. The largest absolute Gasteiger partial charge is 0.367 e. The minimum absolute atomic E-state index is 0.235. The predicted octanol–water partition coefficient (Wildman–Crippen LogP) is 6.01. The molecule has 4 rings (SSSR count). The highest BCUT2D eigenvalue weighted by molar-refractivity contribution is 5.96. The lowest BCUT2D eigenvalue weighted by molar-refractivity contribution is -0.126. The number of benzene rings is 4. The molecule has 0 unspecified atom stereocenters. The molecule has 182 valence electrons. The molecule has 2 atom stereocenters. The molecular weight excluding hydrogens is 452 g/mol. The lowest BCUT2D eigenvalue weighted by Crippen LogP contribution is -2.22. The summed E-state index contributed by atoms with van der Waals surface area (Å²) in [4.78, 5) is 25.4. The minimum Gasteiger partial charge on any atom is -0.367 e. The van der Waals surface area contributed by atoms with Gasteiger partial charge in [-0.25, -0.2) is 0 Å². The molecular formula is C30H28N2O4. The van der Waals surface area contributed by atoms with Crippen LogP contribution in [0.3, 0.4) is 0 Å². The van der Waals surface area contributed by atoms with E-state index in [9.17, 15) is 9.59 Å². The Balaban J connectivity index is 1.39. The second kappa shape index (κ2) is 11.9. The first-order chi connectivity index (χ1) is 17.6. The van der Waals surface area contributed by atoms with Crippen molar-refractivity contribution in [1.29, 1.82) is 0 Å². The van der Waals surface area contributed by atoms with Crippen molar-refractivity contribution in [3.8, 4) is 11.1 Å². The van der Waals surface area contributed by atoms with E-state index in [-0.39, 0.29) is 11.8 Å². The second-order valence-corrected chi connectivity index (χ2v) is 8.19. The SMILES string of the molecule is CO[C@H](C(=O)Nc1ccc(-c2ccc(NC(=O)[C@H](OC)c3ccccc3)cc2)cc1)c1ccccc1. The monoisotopic (exact) mass is 480 g/mol. The first kappa shape index (κ1) is 24.9. The zero-order valence-electron chi connectivity index (χ0n) is 20.2. The van der Waals surface area contributed by atoms with Crippen LogP contribution in [0.25, 0.3) is 11.1 Å². The highest BCUT2D eigenvalue weighted by Gasteiger charge is 2.21. The zero-order valence-corrected chi connectivity index (χ0v) is 20.2. The summed E-state index contributed by atoms with van der Waals surface area (Å²) in [5.41, 5.74) is 4.91. The third-order valence-corrected chi connectivity index (χ3v) is 5.79. The summed E-state index contributed by atoms with van der Waals surface area (Å²) in [5.74, 6) is -0.470. The second-order valence-electron chi connectivity index (χ2n) is 8.19. The molecule has 0 fully saturated rings. The Kier molecular flexibility index (Phi) is 8.24. The number of hydrogen-bond acceptors (Lipinski definition) is 4. The van der Waals surface area contributed by atoms with E-state index in [0.29, 0.717) is 11.4 Å². The van der Waals surface area contributed by atoms with Crippen molar-refractivity contribution in [2.75, 3.05) is 24.9 Å². The zero-order chi connectivity index (χ0) is 25.3. The molecule has 0 spiro atoms. The third kappa shape index (κ3) is 6.05. The molecule has 0 aliphatic rings. The Morgan fingerprint density at radius 1 is 0.528 bits per heavy atom. The lowest BCUT2D eigenvalue weighted by Gasteiger charge is -2.16. The molecule has 0 saturated heterocycles. The summed E-state index contributed by atoms with van der Waals surface area (Å²) in [6.07, 6.45) is -1.37. The van der Waals surface area contributed by atoms with Crippen molar-refractivity contribution < 1.29 is 19.1 Å².